The Morgan fingerprint density at radius 3 is 2.58 bits per heavy atom. The molecule has 0 spiro atoms. The number of aliphatic hydroxyl groups excluding tert-OH is 1. The average Bonchev–Trinajstić information content (AvgIpc) is 2.77. The second-order valence-corrected chi connectivity index (χ2v) is 6.27. The van der Waals surface area contributed by atoms with Crippen molar-refractivity contribution >= 4 is 0 Å². The molecule has 19 heavy (non-hydrogen) atoms. The van der Waals surface area contributed by atoms with E-state index in [4.69, 9.17) is 19.9 Å². The second kappa shape index (κ2) is 4.95. The van der Waals surface area contributed by atoms with Crippen molar-refractivity contribution in [2.75, 3.05) is 19.6 Å². The number of nitrogens with zero attached hydrogens (tertiary/aromatic N) is 1. The highest BCUT2D eigenvalue weighted by Crippen LogP contribution is 2.37. The maximum absolute atomic E-state index is 10.3. The van der Waals surface area contributed by atoms with Gasteiger partial charge < -0.3 is 30.0 Å². The first kappa shape index (κ1) is 13.7. The van der Waals surface area contributed by atoms with Gasteiger partial charge in [0.25, 0.3) is 0 Å². The van der Waals surface area contributed by atoms with Crippen molar-refractivity contribution < 1.29 is 19.3 Å². The van der Waals surface area contributed by atoms with Crippen molar-refractivity contribution in [3.05, 3.63) is 0 Å². The van der Waals surface area contributed by atoms with Crippen LogP contribution in [0.2, 0.25) is 0 Å². The van der Waals surface area contributed by atoms with Gasteiger partial charge in [-0.2, -0.15) is 0 Å². The highest BCUT2D eigenvalue weighted by atomic mass is 16.8. The number of ether oxygens (including phenoxy) is 3. The number of nitrogens with two attached hydrogens (primary N) is 1. The number of likely N-dealkylation sites (tertiary alicyclic amines) is 1. The SMILES string of the molecule is CC1(C)O[C@H]2O[C@H](CN3CCC(N)CC3)[C@H](O)[C@H]2O1. The molecule has 110 valence electrons. The summed E-state index contributed by atoms with van der Waals surface area (Å²) in [7, 11) is 0. The van der Waals surface area contributed by atoms with Crippen LogP contribution in [0.5, 0.6) is 0 Å². The number of aliphatic hydroxyl groups is 1. The molecule has 6 heteroatoms. The summed E-state index contributed by atoms with van der Waals surface area (Å²) in [4.78, 5) is 2.30. The molecular weight excluding hydrogens is 248 g/mol. The summed E-state index contributed by atoms with van der Waals surface area (Å²) in [6.45, 7) is 6.32. The van der Waals surface area contributed by atoms with Crippen molar-refractivity contribution in [1.29, 1.82) is 0 Å². The Labute approximate surface area is 113 Å². The molecule has 6 nitrogen and oxygen atoms in total. The first-order chi connectivity index (χ1) is 8.94. The van der Waals surface area contributed by atoms with E-state index in [0.29, 0.717) is 12.6 Å². The highest BCUT2D eigenvalue weighted by molar-refractivity contribution is 4.94. The molecular formula is C13H24N2O4. The Morgan fingerprint density at radius 2 is 1.95 bits per heavy atom. The topological polar surface area (TPSA) is 77.2 Å². The van der Waals surface area contributed by atoms with Crippen LogP contribution in [-0.4, -0.2) is 66.1 Å². The standard InChI is InChI=1S/C13H24N2O4/c1-13(2)18-11-10(16)9(17-12(11)19-13)7-15-5-3-8(14)4-6-15/h8-12,16H,3-7,14H2,1-2H3/t9-,10+,11-,12-/m1/s1. The van der Waals surface area contributed by atoms with Gasteiger partial charge in [-0.3, -0.25) is 0 Å². The van der Waals surface area contributed by atoms with Gasteiger partial charge in [-0.1, -0.05) is 0 Å². The van der Waals surface area contributed by atoms with Crippen LogP contribution in [0.15, 0.2) is 0 Å². The molecule has 0 amide bonds. The summed E-state index contributed by atoms with van der Waals surface area (Å²) in [6.07, 6.45) is 0.350. The molecule has 3 fully saturated rings. The predicted octanol–water partition coefficient (Wildman–Crippen LogP) is -0.353. The monoisotopic (exact) mass is 272 g/mol. The van der Waals surface area contributed by atoms with E-state index in [2.05, 4.69) is 4.90 Å². The third-order valence-corrected chi connectivity index (χ3v) is 4.18. The zero-order valence-corrected chi connectivity index (χ0v) is 11.6. The van der Waals surface area contributed by atoms with Crippen LogP contribution >= 0.6 is 0 Å². The normalized spacial score (nSPS) is 43.6. The lowest BCUT2D eigenvalue weighted by Gasteiger charge is -2.33. The lowest BCUT2D eigenvalue weighted by atomic mass is 10.0. The second-order valence-electron chi connectivity index (χ2n) is 6.27. The minimum atomic E-state index is -0.667. The fraction of sp³-hybridized carbons (Fsp3) is 1.00. The zero-order valence-electron chi connectivity index (χ0n) is 11.6. The summed E-state index contributed by atoms with van der Waals surface area (Å²) in [5, 5.41) is 10.3. The summed E-state index contributed by atoms with van der Waals surface area (Å²) >= 11 is 0. The van der Waals surface area contributed by atoms with Crippen LogP contribution in [0.4, 0.5) is 0 Å². The van der Waals surface area contributed by atoms with E-state index in [9.17, 15) is 5.11 Å². The maximum atomic E-state index is 10.3. The summed E-state index contributed by atoms with van der Waals surface area (Å²) in [5.41, 5.74) is 5.89. The summed E-state index contributed by atoms with van der Waals surface area (Å²) in [5.74, 6) is -0.667. The molecule has 0 unspecified atom stereocenters. The summed E-state index contributed by atoms with van der Waals surface area (Å²) in [6, 6.07) is 0.317. The van der Waals surface area contributed by atoms with E-state index in [1.165, 1.54) is 0 Å². The van der Waals surface area contributed by atoms with Gasteiger partial charge in [-0.15, -0.1) is 0 Å². The molecule has 0 aromatic carbocycles. The average molecular weight is 272 g/mol. The van der Waals surface area contributed by atoms with E-state index >= 15 is 0 Å². The molecule has 0 aromatic heterocycles. The van der Waals surface area contributed by atoms with Crippen LogP contribution in [0, 0.1) is 0 Å². The molecule has 3 rings (SSSR count). The van der Waals surface area contributed by atoms with Gasteiger partial charge >= 0.3 is 0 Å². The highest BCUT2D eigenvalue weighted by Gasteiger charge is 2.54. The predicted molar refractivity (Wildman–Crippen MR) is 68.4 cm³/mol. The van der Waals surface area contributed by atoms with Gasteiger partial charge in [0.2, 0.25) is 0 Å². The molecule has 0 aromatic rings. The fourth-order valence-corrected chi connectivity index (χ4v) is 3.10. The van der Waals surface area contributed by atoms with Crippen LogP contribution < -0.4 is 5.73 Å². The van der Waals surface area contributed by atoms with Gasteiger partial charge in [0.1, 0.15) is 18.3 Å². The molecule has 0 radical (unpaired) electrons. The minimum Gasteiger partial charge on any atom is -0.387 e. The number of hydrogen-bond donors (Lipinski definition) is 2. The molecule has 3 heterocycles. The quantitative estimate of drug-likeness (QED) is 0.715. The van der Waals surface area contributed by atoms with Crippen molar-refractivity contribution in [2.45, 2.75) is 63.1 Å². The number of hydrogen-bond acceptors (Lipinski definition) is 6. The number of rotatable bonds is 2. The van der Waals surface area contributed by atoms with Gasteiger partial charge in [0.15, 0.2) is 12.1 Å². The Morgan fingerprint density at radius 1 is 1.26 bits per heavy atom. The van der Waals surface area contributed by atoms with E-state index in [1.54, 1.807) is 0 Å². The molecule has 4 atom stereocenters. The summed E-state index contributed by atoms with van der Waals surface area (Å²) < 4.78 is 17.1. The van der Waals surface area contributed by atoms with Crippen LogP contribution in [0.3, 0.4) is 0 Å². The first-order valence-electron chi connectivity index (χ1n) is 7.12. The van der Waals surface area contributed by atoms with Gasteiger partial charge in [-0.05, 0) is 39.8 Å². The Bertz CT molecular complexity index is 331. The van der Waals surface area contributed by atoms with Crippen LogP contribution in [-0.2, 0) is 14.2 Å². The molecule has 3 N–H and O–H groups in total. The minimum absolute atomic E-state index is 0.236. The first-order valence-corrected chi connectivity index (χ1v) is 7.12. The molecule has 3 saturated heterocycles. The molecule has 0 bridgehead atoms. The zero-order chi connectivity index (χ0) is 13.6. The molecule has 3 aliphatic heterocycles. The van der Waals surface area contributed by atoms with E-state index in [1.807, 2.05) is 13.8 Å². The third-order valence-electron chi connectivity index (χ3n) is 4.18. The Kier molecular flexibility index (Phi) is 3.57. The molecule has 0 aliphatic carbocycles. The Hall–Kier alpha value is -0.240. The van der Waals surface area contributed by atoms with Crippen LogP contribution in [0.1, 0.15) is 26.7 Å². The Balaban J connectivity index is 1.54. The van der Waals surface area contributed by atoms with E-state index in [-0.39, 0.29) is 12.2 Å². The lowest BCUT2D eigenvalue weighted by molar-refractivity contribution is -0.216. The molecule has 3 aliphatic rings. The number of piperidine rings is 1. The fourth-order valence-electron chi connectivity index (χ4n) is 3.10. The third kappa shape index (κ3) is 2.79. The molecule has 0 saturated carbocycles. The van der Waals surface area contributed by atoms with E-state index < -0.39 is 18.2 Å². The van der Waals surface area contributed by atoms with Crippen molar-refractivity contribution in [2.24, 2.45) is 5.73 Å². The van der Waals surface area contributed by atoms with E-state index in [0.717, 1.165) is 25.9 Å². The van der Waals surface area contributed by atoms with Crippen molar-refractivity contribution in [3.8, 4) is 0 Å². The number of fused-ring (bicyclic) bond motifs is 1. The lowest BCUT2D eigenvalue weighted by Crippen LogP contribution is -2.46. The van der Waals surface area contributed by atoms with Gasteiger partial charge in [0, 0.05) is 12.6 Å². The van der Waals surface area contributed by atoms with Gasteiger partial charge in [0.05, 0.1) is 0 Å². The van der Waals surface area contributed by atoms with Gasteiger partial charge in [-0.25, -0.2) is 0 Å². The smallest absolute Gasteiger partial charge is 0.190 e. The maximum Gasteiger partial charge on any atom is 0.190 e. The van der Waals surface area contributed by atoms with Crippen molar-refractivity contribution in [1.82, 2.24) is 4.90 Å². The largest absolute Gasteiger partial charge is 0.387 e. The van der Waals surface area contributed by atoms with Crippen LogP contribution in [0.25, 0.3) is 0 Å². The van der Waals surface area contributed by atoms with Crippen molar-refractivity contribution in [3.63, 3.8) is 0 Å².